The van der Waals surface area contributed by atoms with Gasteiger partial charge in [-0.3, -0.25) is 9.69 Å². The van der Waals surface area contributed by atoms with Crippen molar-refractivity contribution in [2.45, 2.75) is 12.7 Å². The first-order chi connectivity index (χ1) is 16.2. The van der Waals surface area contributed by atoms with Crippen molar-refractivity contribution in [2.24, 2.45) is 0 Å². The Morgan fingerprint density at radius 3 is 2.50 bits per heavy atom. The number of ether oxygens (including phenoxy) is 4. The Balaban J connectivity index is 1.80. The summed E-state index contributed by atoms with van der Waals surface area (Å²) in [6.07, 6.45) is -5.01. The number of rotatable bonds is 6. The average molecular weight is 479 g/mol. The van der Waals surface area contributed by atoms with E-state index in [2.05, 4.69) is 4.74 Å². The third kappa shape index (κ3) is 4.57. The maximum atomic E-state index is 13.9. The predicted molar refractivity (Wildman–Crippen MR) is 113 cm³/mol. The number of fused-ring (bicyclic) bond motifs is 3. The van der Waals surface area contributed by atoms with E-state index < -0.39 is 29.1 Å². The molecule has 1 aliphatic rings. The molecule has 0 atom stereocenters. The van der Waals surface area contributed by atoms with Gasteiger partial charge < -0.3 is 23.4 Å². The van der Waals surface area contributed by atoms with E-state index in [0.29, 0.717) is 24.5 Å². The molecule has 2 aromatic carbocycles. The lowest BCUT2D eigenvalue weighted by Crippen LogP contribution is -2.34. The number of esters is 1. The predicted octanol–water partition coefficient (Wildman–Crippen LogP) is 4.19. The van der Waals surface area contributed by atoms with Gasteiger partial charge in [-0.25, -0.2) is 4.79 Å². The summed E-state index contributed by atoms with van der Waals surface area (Å²) in [5, 5.41) is -0.0786. The van der Waals surface area contributed by atoms with Crippen LogP contribution in [0.3, 0.4) is 0 Å². The van der Waals surface area contributed by atoms with Crippen molar-refractivity contribution in [3.8, 4) is 17.2 Å². The topological polar surface area (TPSA) is 87.4 Å². The Morgan fingerprint density at radius 1 is 1.12 bits per heavy atom. The molecular formula is C23H20F3NO7. The third-order valence-corrected chi connectivity index (χ3v) is 5.23. The van der Waals surface area contributed by atoms with Crippen molar-refractivity contribution in [1.29, 1.82) is 0 Å². The van der Waals surface area contributed by atoms with Crippen LogP contribution in [0.15, 0.2) is 45.6 Å². The van der Waals surface area contributed by atoms with E-state index in [1.54, 1.807) is 0 Å². The molecule has 34 heavy (non-hydrogen) atoms. The van der Waals surface area contributed by atoms with Gasteiger partial charge in [-0.05, 0) is 36.4 Å². The molecule has 0 bridgehead atoms. The van der Waals surface area contributed by atoms with Crippen LogP contribution in [0.5, 0.6) is 17.2 Å². The molecule has 11 heteroatoms. The zero-order chi connectivity index (χ0) is 24.5. The summed E-state index contributed by atoms with van der Waals surface area (Å²) in [5.74, 6) is -2.94. The van der Waals surface area contributed by atoms with Crippen LogP contribution in [-0.4, -0.2) is 45.0 Å². The first kappa shape index (κ1) is 23.6. The normalized spacial score (nSPS) is 13.9. The van der Waals surface area contributed by atoms with Crippen LogP contribution in [0.1, 0.15) is 21.7 Å². The standard InChI is InChI=1S/C23H20F3NO7/c1-30-10-9-27-11-16-17(32-12-27)8-7-15-18(28)20(21(23(24,25)26)34-19(15)16)33-14-5-3-13(4-6-14)22(29)31-2/h3-8H,9-12H2,1-2H3. The molecule has 0 saturated heterocycles. The number of halogens is 3. The second-order valence-corrected chi connectivity index (χ2v) is 7.44. The number of nitrogens with zero attached hydrogens (tertiary/aromatic N) is 1. The second kappa shape index (κ2) is 9.35. The summed E-state index contributed by atoms with van der Waals surface area (Å²) in [7, 11) is 2.73. The van der Waals surface area contributed by atoms with Gasteiger partial charge in [0, 0.05) is 20.2 Å². The molecule has 0 amide bonds. The Morgan fingerprint density at radius 2 is 1.85 bits per heavy atom. The van der Waals surface area contributed by atoms with Gasteiger partial charge in [-0.1, -0.05) is 0 Å². The highest BCUT2D eigenvalue weighted by molar-refractivity contribution is 5.89. The van der Waals surface area contributed by atoms with Gasteiger partial charge >= 0.3 is 12.1 Å². The quantitative estimate of drug-likeness (QED) is 0.487. The maximum absolute atomic E-state index is 13.9. The zero-order valence-corrected chi connectivity index (χ0v) is 18.2. The van der Waals surface area contributed by atoms with Crippen molar-refractivity contribution < 1.29 is 41.3 Å². The fourth-order valence-electron chi connectivity index (χ4n) is 3.53. The van der Waals surface area contributed by atoms with Gasteiger partial charge in [0.25, 0.3) is 5.76 Å². The fraction of sp³-hybridized carbons (Fsp3) is 0.304. The zero-order valence-electron chi connectivity index (χ0n) is 18.2. The van der Waals surface area contributed by atoms with Gasteiger partial charge in [-0.15, -0.1) is 0 Å². The van der Waals surface area contributed by atoms with Gasteiger partial charge in [0.05, 0.1) is 30.2 Å². The molecule has 0 radical (unpaired) electrons. The van der Waals surface area contributed by atoms with Crippen LogP contribution in [-0.2, 0) is 22.2 Å². The summed E-state index contributed by atoms with van der Waals surface area (Å²) in [6, 6.07) is 7.98. The molecular weight excluding hydrogens is 459 g/mol. The molecule has 4 rings (SSSR count). The first-order valence-electron chi connectivity index (χ1n) is 10.1. The van der Waals surface area contributed by atoms with Crippen LogP contribution in [0.2, 0.25) is 0 Å². The first-order valence-corrected chi connectivity index (χ1v) is 10.1. The van der Waals surface area contributed by atoms with E-state index in [9.17, 15) is 22.8 Å². The number of hydrogen-bond acceptors (Lipinski definition) is 8. The lowest BCUT2D eigenvalue weighted by Gasteiger charge is -2.29. The van der Waals surface area contributed by atoms with Gasteiger partial charge in [-0.2, -0.15) is 13.2 Å². The monoisotopic (exact) mass is 479 g/mol. The Kier molecular flexibility index (Phi) is 6.49. The fourth-order valence-corrected chi connectivity index (χ4v) is 3.53. The van der Waals surface area contributed by atoms with Crippen molar-refractivity contribution in [3.63, 3.8) is 0 Å². The van der Waals surface area contributed by atoms with Crippen LogP contribution in [0.4, 0.5) is 13.2 Å². The summed E-state index contributed by atoms with van der Waals surface area (Å²) in [6.45, 7) is 1.31. The number of benzene rings is 2. The molecule has 180 valence electrons. The van der Waals surface area contributed by atoms with E-state index in [-0.39, 0.29) is 35.6 Å². The van der Waals surface area contributed by atoms with Crippen molar-refractivity contribution in [1.82, 2.24) is 4.90 Å². The van der Waals surface area contributed by atoms with Gasteiger partial charge in [0.1, 0.15) is 23.8 Å². The Labute approximate surface area is 191 Å². The lowest BCUT2D eigenvalue weighted by molar-refractivity contribution is -0.154. The molecule has 0 saturated carbocycles. The summed E-state index contributed by atoms with van der Waals surface area (Å²) >= 11 is 0. The Hall–Kier alpha value is -3.57. The molecule has 2 heterocycles. The molecule has 1 aromatic heterocycles. The van der Waals surface area contributed by atoms with Gasteiger partial charge in [0.2, 0.25) is 11.2 Å². The van der Waals surface area contributed by atoms with Crippen LogP contribution >= 0.6 is 0 Å². The van der Waals surface area contributed by atoms with E-state index in [1.807, 2.05) is 4.90 Å². The van der Waals surface area contributed by atoms with Crippen LogP contribution < -0.4 is 14.9 Å². The molecule has 3 aromatic rings. The van der Waals surface area contributed by atoms with Crippen molar-refractivity contribution in [3.05, 3.63) is 63.5 Å². The number of carbonyl (C=O) groups is 1. The lowest BCUT2D eigenvalue weighted by atomic mass is 10.1. The van der Waals surface area contributed by atoms with E-state index in [1.165, 1.54) is 50.6 Å². The molecule has 0 N–H and O–H groups in total. The minimum absolute atomic E-state index is 0.0786. The van der Waals surface area contributed by atoms with E-state index in [0.717, 1.165) is 0 Å². The number of carbonyl (C=O) groups excluding carboxylic acids is 1. The molecule has 0 aliphatic carbocycles. The number of methoxy groups -OCH3 is 2. The largest absolute Gasteiger partial charge is 0.478 e. The minimum atomic E-state index is -5.01. The van der Waals surface area contributed by atoms with Crippen molar-refractivity contribution >= 4 is 16.9 Å². The highest BCUT2D eigenvalue weighted by Crippen LogP contribution is 2.40. The van der Waals surface area contributed by atoms with Gasteiger partial charge in [0.15, 0.2) is 0 Å². The minimum Gasteiger partial charge on any atom is -0.478 e. The third-order valence-electron chi connectivity index (χ3n) is 5.23. The highest BCUT2D eigenvalue weighted by atomic mass is 19.4. The van der Waals surface area contributed by atoms with Crippen molar-refractivity contribution in [2.75, 3.05) is 34.1 Å². The van der Waals surface area contributed by atoms with E-state index in [4.69, 9.17) is 18.6 Å². The molecule has 0 fully saturated rings. The van der Waals surface area contributed by atoms with Crippen LogP contribution in [0, 0.1) is 0 Å². The number of alkyl halides is 3. The average Bonchev–Trinajstić information content (AvgIpc) is 2.83. The van der Waals surface area contributed by atoms with Crippen LogP contribution in [0.25, 0.3) is 11.0 Å². The molecule has 0 unspecified atom stereocenters. The summed E-state index contributed by atoms with van der Waals surface area (Å²) in [5.41, 5.74) is -0.703. The SMILES string of the molecule is COCCN1COc2ccc3c(=O)c(Oc4ccc(C(=O)OC)cc4)c(C(F)(F)F)oc3c2C1. The second-order valence-electron chi connectivity index (χ2n) is 7.44. The van der Waals surface area contributed by atoms with E-state index >= 15 is 0 Å². The highest BCUT2D eigenvalue weighted by Gasteiger charge is 2.41. The summed E-state index contributed by atoms with van der Waals surface area (Å²) in [4.78, 5) is 26.5. The molecule has 0 spiro atoms. The molecule has 1 aliphatic heterocycles. The Bertz CT molecular complexity index is 1270. The molecule has 8 nitrogen and oxygen atoms in total. The summed E-state index contributed by atoms with van der Waals surface area (Å²) < 4.78 is 67.6. The maximum Gasteiger partial charge on any atom is 0.453 e. The number of hydrogen-bond donors (Lipinski definition) is 0. The smallest absolute Gasteiger partial charge is 0.453 e.